The molecule has 8 heteroatoms. The number of carbonyl (C=O) groups is 1. The highest BCUT2D eigenvalue weighted by molar-refractivity contribution is 5.96. The van der Waals surface area contributed by atoms with E-state index in [-0.39, 0.29) is 12.1 Å². The highest BCUT2D eigenvalue weighted by Gasteiger charge is 2.23. The third-order valence-corrected chi connectivity index (χ3v) is 6.89. The summed E-state index contributed by atoms with van der Waals surface area (Å²) in [6.45, 7) is 6.00. The molecule has 0 unspecified atom stereocenters. The summed E-state index contributed by atoms with van der Waals surface area (Å²) >= 11 is 0. The van der Waals surface area contributed by atoms with E-state index in [1.54, 1.807) is 0 Å². The Labute approximate surface area is 214 Å². The average Bonchev–Trinajstić information content (AvgIpc) is 3.55. The van der Waals surface area contributed by atoms with E-state index in [1.807, 2.05) is 68.7 Å². The Bertz CT molecular complexity index is 1560. The predicted octanol–water partition coefficient (Wildman–Crippen LogP) is 6.26. The van der Waals surface area contributed by atoms with Crippen molar-refractivity contribution in [3.05, 3.63) is 84.3 Å². The number of rotatable bonds is 6. The molecule has 0 bridgehead atoms. The maximum Gasteiger partial charge on any atom is 0.319 e. The first-order chi connectivity index (χ1) is 18.0. The minimum Gasteiger partial charge on any atom is -0.361 e. The lowest BCUT2D eigenvalue weighted by molar-refractivity contribution is 0.251. The molecule has 1 aliphatic carbocycles. The molecule has 0 spiro atoms. The van der Waals surface area contributed by atoms with Crippen molar-refractivity contribution in [2.24, 2.45) is 0 Å². The molecule has 0 aliphatic heterocycles. The fourth-order valence-electron chi connectivity index (χ4n) is 4.77. The first-order valence-electron chi connectivity index (χ1n) is 12.5. The van der Waals surface area contributed by atoms with Crippen molar-refractivity contribution in [3.8, 4) is 22.3 Å². The van der Waals surface area contributed by atoms with Crippen LogP contribution in [0.15, 0.2) is 71.6 Å². The summed E-state index contributed by atoms with van der Waals surface area (Å²) < 4.78 is 7.64. The second-order valence-corrected chi connectivity index (χ2v) is 9.62. The molecule has 2 amide bonds. The summed E-state index contributed by atoms with van der Waals surface area (Å²) in [5, 5.41) is 9.99. The Kier molecular flexibility index (Phi) is 5.71. The maximum absolute atomic E-state index is 12.1. The van der Waals surface area contributed by atoms with Gasteiger partial charge in [0, 0.05) is 47.0 Å². The van der Waals surface area contributed by atoms with Gasteiger partial charge in [-0.3, -0.25) is 9.97 Å². The van der Waals surface area contributed by atoms with E-state index in [4.69, 9.17) is 9.51 Å². The Balaban J connectivity index is 1.42. The summed E-state index contributed by atoms with van der Waals surface area (Å²) in [7, 11) is 0. The maximum atomic E-state index is 12.1. The number of benzene rings is 1. The van der Waals surface area contributed by atoms with E-state index in [9.17, 15) is 4.79 Å². The first-order valence-corrected chi connectivity index (χ1v) is 12.5. The molecular formula is C29H28N6O2. The van der Waals surface area contributed by atoms with E-state index in [0.717, 1.165) is 69.0 Å². The third-order valence-electron chi connectivity index (χ3n) is 6.89. The van der Waals surface area contributed by atoms with Gasteiger partial charge in [-0.25, -0.2) is 4.79 Å². The van der Waals surface area contributed by atoms with Crippen molar-refractivity contribution in [1.82, 2.24) is 25.0 Å². The fraction of sp³-hybridized carbons (Fsp3) is 0.241. The number of hydrogen-bond acceptors (Lipinski definition) is 5. The van der Waals surface area contributed by atoms with Crippen LogP contribution in [0.1, 0.15) is 43.0 Å². The lowest BCUT2D eigenvalue weighted by Crippen LogP contribution is -2.30. The zero-order valence-electron chi connectivity index (χ0n) is 21.0. The molecule has 6 rings (SSSR count). The largest absolute Gasteiger partial charge is 0.361 e. The molecule has 1 saturated carbocycles. The van der Waals surface area contributed by atoms with Crippen LogP contribution < -0.4 is 10.6 Å². The Morgan fingerprint density at radius 2 is 1.89 bits per heavy atom. The SMILES string of the molecule is Cc1noc(C)c1-c1cnc2c(-c3ccc(NC(=O)NC4CC4)cc3)cn([C@@H](C)c3ccccn3)c2c1. The van der Waals surface area contributed by atoms with Crippen molar-refractivity contribution in [2.45, 2.75) is 45.7 Å². The monoisotopic (exact) mass is 492 g/mol. The lowest BCUT2D eigenvalue weighted by Gasteiger charge is -2.15. The van der Waals surface area contributed by atoms with Gasteiger partial charge in [-0.2, -0.15) is 0 Å². The first kappa shape index (κ1) is 23.0. The molecule has 1 fully saturated rings. The van der Waals surface area contributed by atoms with Gasteiger partial charge in [0.2, 0.25) is 0 Å². The Morgan fingerprint density at radius 3 is 2.57 bits per heavy atom. The Hall–Kier alpha value is -4.46. The highest BCUT2D eigenvalue weighted by Crippen LogP contribution is 2.36. The molecule has 37 heavy (non-hydrogen) atoms. The number of nitrogens with one attached hydrogen (secondary N) is 2. The summed E-state index contributed by atoms with van der Waals surface area (Å²) in [6, 6.07) is 16.1. The number of carbonyl (C=O) groups excluding carboxylic acids is 1. The molecule has 1 aliphatic rings. The smallest absolute Gasteiger partial charge is 0.319 e. The third kappa shape index (κ3) is 4.46. The van der Waals surface area contributed by atoms with Gasteiger partial charge in [-0.15, -0.1) is 0 Å². The van der Waals surface area contributed by atoms with Crippen molar-refractivity contribution in [1.29, 1.82) is 0 Å². The van der Waals surface area contributed by atoms with Gasteiger partial charge in [-0.1, -0.05) is 23.4 Å². The summed E-state index contributed by atoms with van der Waals surface area (Å²) in [5.74, 6) is 0.767. The molecule has 4 heterocycles. The number of aromatic nitrogens is 4. The van der Waals surface area contributed by atoms with Crippen LogP contribution in [0.4, 0.5) is 10.5 Å². The van der Waals surface area contributed by atoms with Crippen molar-refractivity contribution >= 4 is 22.8 Å². The number of hydrogen-bond donors (Lipinski definition) is 2. The summed E-state index contributed by atoms with van der Waals surface area (Å²) in [6.07, 6.45) is 7.94. The topological polar surface area (TPSA) is 97.9 Å². The number of nitrogens with zero attached hydrogens (tertiary/aromatic N) is 4. The Morgan fingerprint density at radius 1 is 1.08 bits per heavy atom. The van der Waals surface area contributed by atoms with Gasteiger partial charge in [0.15, 0.2) is 0 Å². The number of fused-ring (bicyclic) bond motifs is 1. The standard InChI is InChI=1S/C29H28N6O2/c1-17-27(19(3)37-34-17)21-14-26-28(31-15-21)24(16-35(26)18(2)25-6-4-5-13-30-25)20-7-9-22(10-8-20)32-29(36)33-23-11-12-23/h4-10,13-16,18,23H,11-12H2,1-3H3,(H2,32,33,36)/t18-/m0/s1. The molecule has 5 aromatic rings. The zero-order chi connectivity index (χ0) is 25.5. The minimum absolute atomic E-state index is 0.00812. The molecule has 4 aromatic heterocycles. The molecule has 0 saturated heterocycles. The number of aryl methyl sites for hydroxylation is 2. The normalized spacial score (nSPS) is 14.0. The van der Waals surface area contributed by atoms with E-state index in [0.29, 0.717) is 6.04 Å². The average molecular weight is 493 g/mol. The van der Waals surface area contributed by atoms with Crippen LogP contribution in [-0.2, 0) is 0 Å². The summed E-state index contributed by atoms with van der Waals surface area (Å²) in [5.41, 5.74) is 8.40. The quantitative estimate of drug-likeness (QED) is 0.291. The van der Waals surface area contributed by atoms with Gasteiger partial charge < -0.3 is 19.7 Å². The van der Waals surface area contributed by atoms with Crippen LogP contribution in [0, 0.1) is 13.8 Å². The molecule has 186 valence electrons. The van der Waals surface area contributed by atoms with Crippen LogP contribution in [0.3, 0.4) is 0 Å². The van der Waals surface area contributed by atoms with E-state index in [1.165, 1.54) is 0 Å². The van der Waals surface area contributed by atoms with Crippen molar-refractivity contribution in [2.75, 3.05) is 5.32 Å². The van der Waals surface area contributed by atoms with Crippen molar-refractivity contribution in [3.63, 3.8) is 0 Å². The molecular weight excluding hydrogens is 464 g/mol. The van der Waals surface area contributed by atoms with Crippen LogP contribution in [0.2, 0.25) is 0 Å². The molecule has 8 nitrogen and oxygen atoms in total. The molecule has 1 aromatic carbocycles. The van der Waals surface area contributed by atoms with Gasteiger partial charge >= 0.3 is 6.03 Å². The van der Waals surface area contributed by atoms with Gasteiger partial charge in [-0.05, 0) is 69.5 Å². The lowest BCUT2D eigenvalue weighted by atomic mass is 10.0. The highest BCUT2D eigenvalue weighted by atomic mass is 16.5. The van der Waals surface area contributed by atoms with Crippen LogP contribution in [-0.4, -0.2) is 31.8 Å². The second-order valence-electron chi connectivity index (χ2n) is 9.62. The molecule has 0 radical (unpaired) electrons. The predicted molar refractivity (Wildman–Crippen MR) is 143 cm³/mol. The van der Waals surface area contributed by atoms with Crippen LogP contribution in [0.25, 0.3) is 33.3 Å². The molecule has 2 N–H and O–H groups in total. The van der Waals surface area contributed by atoms with Crippen LogP contribution in [0.5, 0.6) is 0 Å². The van der Waals surface area contributed by atoms with E-state index < -0.39 is 0 Å². The van der Waals surface area contributed by atoms with Gasteiger partial charge in [0.1, 0.15) is 5.76 Å². The number of anilines is 1. The number of urea groups is 1. The van der Waals surface area contributed by atoms with Crippen molar-refractivity contribution < 1.29 is 9.32 Å². The number of pyridine rings is 2. The second kappa shape index (κ2) is 9.20. The van der Waals surface area contributed by atoms with Gasteiger partial charge in [0.25, 0.3) is 0 Å². The van der Waals surface area contributed by atoms with E-state index >= 15 is 0 Å². The van der Waals surface area contributed by atoms with E-state index in [2.05, 4.69) is 44.5 Å². The summed E-state index contributed by atoms with van der Waals surface area (Å²) in [4.78, 5) is 21.6. The van der Waals surface area contributed by atoms with Crippen LogP contribution >= 0.6 is 0 Å². The minimum atomic E-state index is -0.162. The number of amides is 2. The fourth-order valence-corrected chi connectivity index (χ4v) is 4.77. The van der Waals surface area contributed by atoms with Gasteiger partial charge in [0.05, 0.1) is 28.5 Å². The zero-order valence-corrected chi connectivity index (χ0v) is 21.0. The molecule has 1 atom stereocenters.